The number of aryl methyl sites for hydroxylation is 1. The largest absolute Gasteiger partial charge is 0.423 e. The average molecular weight is 346 g/mol. The molecule has 2 aromatic heterocycles. The Labute approximate surface area is 143 Å². The summed E-state index contributed by atoms with van der Waals surface area (Å²) in [5, 5.41) is 4.68. The van der Waals surface area contributed by atoms with Crippen LogP contribution in [0.25, 0.3) is 11.1 Å². The number of oxazole rings is 1. The summed E-state index contributed by atoms with van der Waals surface area (Å²) in [6.07, 6.45) is 1.63. The van der Waals surface area contributed by atoms with Gasteiger partial charge in [-0.2, -0.15) is 10.1 Å². The molecule has 1 fully saturated rings. The quantitative estimate of drug-likeness (QED) is 0.712. The van der Waals surface area contributed by atoms with Crippen LogP contribution in [0.1, 0.15) is 10.5 Å². The fourth-order valence-electron chi connectivity index (χ4n) is 2.87. The molecule has 8 heteroatoms. The Balaban J connectivity index is 1.47. The van der Waals surface area contributed by atoms with Crippen molar-refractivity contribution in [1.29, 1.82) is 0 Å². The van der Waals surface area contributed by atoms with Gasteiger partial charge in [-0.3, -0.25) is 9.48 Å². The third-order valence-corrected chi connectivity index (χ3v) is 4.45. The highest BCUT2D eigenvalue weighted by atomic mass is 35.5. The molecule has 1 aliphatic rings. The highest BCUT2D eigenvalue weighted by Gasteiger charge is 2.26. The van der Waals surface area contributed by atoms with Gasteiger partial charge in [0.2, 0.25) is 0 Å². The Morgan fingerprint density at radius 2 is 2.00 bits per heavy atom. The summed E-state index contributed by atoms with van der Waals surface area (Å²) in [5.41, 5.74) is 2.05. The number of hydrogen-bond acceptors (Lipinski definition) is 5. The zero-order chi connectivity index (χ0) is 16.7. The van der Waals surface area contributed by atoms with Gasteiger partial charge in [-0.15, -0.1) is 0 Å². The average Bonchev–Trinajstić information content (AvgIpc) is 3.20. The summed E-state index contributed by atoms with van der Waals surface area (Å²) in [5.74, 6) is -0.000929. The standard InChI is InChI=1S/C16H16ClN5O2/c1-20-13(4-5-18-20)15(23)21-6-8-22(9-7-21)16-19-12-10-11(17)2-3-14(12)24-16/h2-5,10H,6-9H2,1H3. The molecule has 0 unspecified atom stereocenters. The summed E-state index contributed by atoms with van der Waals surface area (Å²) >= 11 is 5.98. The lowest BCUT2D eigenvalue weighted by Gasteiger charge is -2.33. The fourth-order valence-corrected chi connectivity index (χ4v) is 3.04. The van der Waals surface area contributed by atoms with Crippen molar-refractivity contribution in [3.8, 4) is 0 Å². The van der Waals surface area contributed by atoms with Gasteiger partial charge < -0.3 is 14.2 Å². The highest BCUT2D eigenvalue weighted by molar-refractivity contribution is 6.31. The number of nitrogens with zero attached hydrogens (tertiary/aromatic N) is 5. The molecule has 7 nitrogen and oxygen atoms in total. The highest BCUT2D eigenvalue weighted by Crippen LogP contribution is 2.25. The molecular weight excluding hydrogens is 330 g/mol. The third kappa shape index (κ3) is 2.60. The van der Waals surface area contributed by atoms with E-state index in [4.69, 9.17) is 16.0 Å². The second-order valence-electron chi connectivity index (χ2n) is 5.73. The number of anilines is 1. The van der Waals surface area contributed by atoms with Gasteiger partial charge in [0.05, 0.1) is 0 Å². The van der Waals surface area contributed by atoms with E-state index in [1.165, 1.54) is 0 Å². The van der Waals surface area contributed by atoms with Gasteiger partial charge in [-0.25, -0.2) is 0 Å². The molecule has 0 bridgehead atoms. The van der Waals surface area contributed by atoms with E-state index in [2.05, 4.69) is 10.1 Å². The van der Waals surface area contributed by atoms with Crippen LogP contribution in [0.3, 0.4) is 0 Å². The van der Waals surface area contributed by atoms with E-state index >= 15 is 0 Å². The smallest absolute Gasteiger partial charge is 0.298 e. The topological polar surface area (TPSA) is 67.4 Å². The molecule has 4 rings (SSSR count). The molecule has 0 saturated carbocycles. The van der Waals surface area contributed by atoms with Crippen LogP contribution < -0.4 is 4.90 Å². The predicted molar refractivity (Wildman–Crippen MR) is 90.3 cm³/mol. The van der Waals surface area contributed by atoms with Crippen LogP contribution >= 0.6 is 11.6 Å². The number of benzene rings is 1. The number of amides is 1. The van der Waals surface area contributed by atoms with Crippen LogP contribution in [0, 0.1) is 0 Å². The first-order valence-electron chi connectivity index (χ1n) is 7.70. The Morgan fingerprint density at radius 3 is 2.71 bits per heavy atom. The first kappa shape index (κ1) is 15.0. The van der Waals surface area contributed by atoms with Crippen LogP contribution in [0.15, 0.2) is 34.9 Å². The molecule has 124 valence electrons. The maximum atomic E-state index is 12.5. The van der Waals surface area contributed by atoms with E-state index in [-0.39, 0.29) is 5.91 Å². The lowest BCUT2D eigenvalue weighted by molar-refractivity contribution is 0.0734. The molecule has 1 aliphatic heterocycles. The Morgan fingerprint density at radius 1 is 1.21 bits per heavy atom. The molecular formula is C16H16ClN5O2. The number of piperazine rings is 1. The molecule has 24 heavy (non-hydrogen) atoms. The number of hydrogen-bond donors (Lipinski definition) is 0. The van der Waals surface area contributed by atoms with Crippen molar-refractivity contribution in [3.05, 3.63) is 41.2 Å². The molecule has 0 spiro atoms. The van der Waals surface area contributed by atoms with Gasteiger partial charge in [0.15, 0.2) is 5.58 Å². The Bertz CT molecular complexity index is 895. The zero-order valence-electron chi connectivity index (χ0n) is 13.1. The zero-order valence-corrected chi connectivity index (χ0v) is 13.9. The van der Waals surface area contributed by atoms with Crippen molar-refractivity contribution >= 4 is 34.6 Å². The van der Waals surface area contributed by atoms with Crippen molar-refractivity contribution in [2.75, 3.05) is 31.1 Å². The minimum Gasteiger partial charge on any atom is -0.423 e. The third-order valence-electron chi connectivity index (χ3n) is 4.22. The van der Waals surface area contributed by atoms with E-state index in [1.54, 1.807) is 36.1 Å². The number of rotatable bonds is 2. The van der Waals surface area contributed by atoms with Crippen LogP contribution in [0.2, 0.25) is 5.02 Å². The van der Waals surface area contributed by atoms with Gasteiger partial charge in [0.25, 0.3) is 11.9 Å². The van der Waals surface area contributed by atoms with Crippen molar-refractivity contribution in [3.63, 3.8) is 0 Å². The molecule has 0 N–H and O–H groups in total. The van der Waals surface area contributed by atoms with E-state index in [9.17, 15) is 4.79 Å². The number of fused-ring (bicyclic) bond motifs is 1. The normalized spacial score (nSPS) is 15.2. The van der Waals surface area contributed by atoms with Crippen LogP contribution in [-0.4, -0.2) is 51.8 Å². The van der Waals surface area contributed by atoms with E-state index in [0.717, 1.165) is 5.52 Å². The van der Waals surface area contributed by atoms with Crippen molar-refractivity contribution in [2.24, 2.45) is 7.05 Å². The maximum Gasteiger partial charge on any atom is 0.298 e. The van der Waals surface area contributed by atoms with Crippen molar-refractivity contribution < 1.29 is 9.21 Å². The minimum absolute atomic E-state index is 0.000929. The van der Waals surface area contributed by atoms with Gasteiger partial charge >= 0.3 is 0 Å². The van der Waals surface area contributed by atoms with Gasteiger partial charge in [0.1, 0.15) is 11.2 Å². The van der Waals surface area contributed by atoms with E-state index in [1.807, 2.05) is 15.9 Å². The molecule has 0 aliphatic carbocycles. The summed E-state index contributed by atoms with van der Waals surface area (Å²) in [6, 6.07) is 7.69. The first-order chi connectivity index (χ1) is 11.6. The van der Waals surface area contributed by atoms with Gasteiger partial charge in [-0.1, -0.05) is 11.6 Å². The van der Waals surface area contributed by atoms with Gasteiger partial charge in [-0.05, 0) is 24.3 Å². The maximum absolute atomic E-state index is 12.5. The Kier molecular flexibility index (Phi) is 3.65. The second kappa shape index (κ2) is 5.83. The summed E-state index contributed by atoms with van der Waals surface area (Å²) in [4.78, 5) is 20.9. The summed E-state index contributed by atoms with van der Waals surface area (Å²) < 4.78 is 7.38. The number of halogens is 1. The molecule has 3 heterocycles. The van der Waals surface area contributed by atoms with Gasteiger partial charge in [0, 0.05) is 44.4 Å². The number of aromatic nitrogens is 3. The number of carbonyl (C=O) groups is 1. The molecule has 1 amide bonds. The van der Waals surface area contributed by atoms with Crippen LogP contribution in [0.5, 0.6) is 0 Å². The van der Waals surface area contributed by atoms with Crippen molar-refractivity contribution in [1.82, 2.24) is 19.7 Å². The molecule has 1 aromatic carbocycles. The molecule has 0 atom stereocenters. The van der Waals surface area contributed by atoms with E-state index in [0.29, 0.717) is 48.5 Å². The van der Waals surface area contributed by atoms with Crippen LogP contribution in [0.4, 0.5) is 6.01 Å². The summed E-state index contributed by atoms with van der Waals surface area (Å²) in [7, 11) is 1.77. The Hall–Kier alpha value is -2.54. The van der Waals surface area contributed by atoms with E-state index < -0.39 is 0 Å². The molecule has 3 aromatic rings. The second-order valence-corrected chi connectivity index (χ2v) is 6.16. The first-order valence-corrected chi connectivity index (χ1v) is 8.08. The summed E-state index contributed by atoms with van der Waals surface area (Å²) in [6.45, 7) is 2.57. The molecule has 0 radical (unpaired) electrons. The van der Waals surface area contributed by atoms with Crippen molar-refractivity contribution in [2.45, 2.75) is 0 Å². The number of carbonyl (C=O) groups excluding carboxylic acids is 1. The molecule has 1 saturated heterocycles. The lowest BCUT2D eigenvalue weighted by Crippen LogP contribution is -2.49. The fraction of sp³-hybridized carbons (Fsp3) is 0.312. The monoisotopic (exact) mass is 345 g/mol. The minimum atomic E-state index is -0.000929. The van der Waals surface area contributed by atoms with Crippen LogP contribution in [-0.2, 0) is 7.05 Å². The lowest BCUT2D eigenvalue weighted by atomic mass is 10.3. The SMILES string of the molecule is Cn1nccc1C(=O)N1CCN(c2nc3cc(Cl)ccc3o2)CC1. The predicted octanol–water partition coefficient (Wildman–Crippen LogP) is 2.18.